The van der Waals surface area contributed by atoms with Crippen LogP contribution in [-0.4, -0.2) is 54.1 Å². The minimum atomic E-state index is -1.03. The second-order valence-electron chi connectivity index (χ2n) is 9.45. The molecule has 0 aliphatic heterocycles. The van der Waals surface area contributed by atoms with Crippen molar-refractivity contribution in [1.29, 1.82) is 0 Å². The lowest BCUT2D eigenvalue weighted by Gasteiger charge is -2.25. The van der Waals surface area contributed by atoms with Crippen molar-refractivity contribution in [2.75, 3.05) is 20.1 Å². The first-order chi connectivity index (χ1) is 18.6. The lowest BCUT2D eigenvalue weighted by Crippen LogP contribution is -2.48. The van der Waals surface area contributed by atoms with E-state index in [1.165, 1.54) is 28.9 Å². The Balaban J connectivity index is 1.95. The molecule has 3 N–H and O–H groups in total. The van der Waals surface area contributed by atoms with Crippen molar-refractivity contribution in [3.8, 4) is 0 Å². The highest BCUT2D eigenvalue weighted by atomic mass is 19.1. The third-order valence-electron chi connectivity index (χ3n) is 6.15. The zero-order chi connectivity index (χ0) is 28.8. The molecule has 0 radical (unpaired) electrons. The summed E-state index contributed by atoms with van der Waals surface area (Å²) in [4.78, 5) is 26.5. The molecule has 2 atom stereocenters. The van der Waals surface area contributed by atoms with Crippen LogP contribution in [0.2, 0.25) is 0 Å². The quantitative estimate of drug-likeness (QED) is 0.263. The number of carbonyl (C=O) groups is 2. The Hall–Kier alpha value is -3.56. The number of aliphatic hydroxyl groups is 1. The van der Waals surface area contributed by atoms with Crippen LogP contribution in [-0.2, 0) is 33.7 Å². The fourth-order valence-corrected chi connectivity index (χ4v) is 4.11. The first-order valence-electron chi connectivity index (χ1n) is 13.0. The number of likely N-dealkylation sites (N-methyl/N-ethyl adjacent to an activating group) is 1. The standard InChI is InChI=1S/C30H39F2N3O4/c1-5-22-9-7-10-23(13-22)18-33-19-28(36)27(16-24-14-25(31)17-26(32)15-24)34-29(37)11-8-12-30(38)35(4)20-21(3)39-6-2/h6-7,9-10,13-15,17,27-28,33,36H,2-3,5,8,11-12,16,18-20H2,1,4H3,(H,34,37). The molecule has 2 amide bonds. The maximum absolute atomic E-state index is 13.8. The molecule has 2 rings (SSSR count). The van der Waals surface area contributed by atoms with E-state index in [-0.39, 0.29) is 50.6 Å². The number of hydrogen-bond donors (Lipinski definition) is 3. The van der Waals surface area contributed by atoms with Crippen LogP contribution in [0.4, 0.5) is 8.78 Å². The normalized spacial score (nSPS) is 12.3. The van der Waals surface area contributed by atoms with Crippen molar-refractivity contribution in [2.45, 2.75) is 57.7 Å². The second-order valence-corrected chi connectivity index (χ2v) is 9.45. The first kappa shape index (κ1) is 31.7. The number of nitrogens with zero attached hydrogens (tertiary/aromatic N) is 1. The fourth-order valence-electron chi connectivity index (χ4n) is 4.11. The third kappa shape index (κ3) is 11.8. The average molecular weight is 544 g/mol. The van der Waals surface area contributed by atoms with Crippen LogP contribution in [0.15, 0.2) is 67.6 Å². The van der Waals surface area contributed by atoms with Gasteiger partial charge < -0.3 is 25.4 Å². The molecular formula is C30H39F2N3O4. The van der Waals surface area contributed by atoms with Crippen molar-refractivity contribution >= 4 is 11.8 Å². The molecular weight excluding hydrogens is 504 g/mol. The van der Waals surface area contributed by atoms with Crippen LogP contribution in [0.3, 0.4) is 0 Å². The molecule has 0 heterocycles. The number of aryl methyl sites for hydroxylation is 1. The Morgan fingerprint density at radius 3 is 2.46 bits per heavy atom. The van der Waals surface area contributed by atoms with Crippen molar-refractivity contribution in [1.82, 2.24) is 15.5 Å². The van der Waals surface area contributed by atoms with E-state index in [2.05, 4.69) is 36.8 Å². The number of halogens is 2. The lowest BCUT2D eigenvalue weighted by atomic mass is 10.00. The Bertz CT molecular complexity index is 1100. The molecule has 0 saturated heterocycles. The van der Waals surface area contributed by atoms with Gasteiger partial charge in [0.15, 0.2) is 0 Å². The summed E-state index contributed by atoms with van der Waals surface area (Å²) in [6.45, 7) is 10.1. The SMILES string of the molecule is C=COC(=C)CN(C)C(=O)CCCC(=O)NC(Cc1cc(F)cc(F)c1)C(O)CNCc1cccc(CC)c1. The molecule has 0 saturated carbocycles. The highest BCUT2D eigenvalue weighted by molar-refractivity contribution is 5.79. The minimum absolute atomic E-state index is 0.0294. The molecule has 0 spiro atoms. The van der Waals surface area contributed by atoms with Crippen molar-refractivity contribution < 1.29 is 28.2 Å². The van der Waals surface area contributed by atoms with Gasteiger partial charge in [0.25, 0.3) is 0 Å². The smallest absolute Gasteiger partial charge is 0.222 e. The topological polar surface area (TPSA) is 90.9 Å². The Kier molecular flexibility index (Phi) is 13.3. The van der Waals surface area contributed by atoms with Gasteiger partial charge in [-0.05, 0) is 48.1 Å². The lowest BCUT2D eigenvalue weighted by molar-refractivity contribution is -0.130. The molecule has 0 aliphatic rings. The molecule has 0 aliphatic carbocycles. The average Bonchev–Trinajstić information content (AvgIpc) is 2.87. The van der Waals surface area contributed by atoms with E-state index in [0.29, 0.717) is 17.9 Å². The maximum Gasteiger partial charge on any atom is 0.222 e. The van der Waals surface area contributed by atoms with Gasteiger partial charge >= 0.3 is 0 Å². The molecule has 2 aromatic carbocycles. The van der Waals surface area contributed by atoms with Crippen LogP contribution in [0.5, 0.6) is 0 Å². The van der Waals surface area contributed by atoms with Crippen LogP contribution < -0.4 is 10.6 Å². The number of aliphatic hydroxyl groups excluding tert-OH is 1. The predicted molar refractivity (Wildman–Crippen MR) is 147 cm³/mol. The number of carbonyl (C=O) groups excluding carboxylic acids is 2. The molecule has 0 bridgehead atoms. The summed E-state index contributed by atoms with van der Waals surface area (Å²) in [5.74, 6) is -1.65. The molecule has 9 heteroatoms. The monoisotopic (exact) mass is 543 g/mol. The molecule has 7 nitrogen and oxygen atoms in total. The van der Waals surface area contributed by atoms with E-state index >= 15 is 0 Å². The Labute approximate surface area is 229 Å². The summed E-state index contributed by atoms with van der Waals surface area (Å²) in [6.07, 6.45) is 1.60. The van der Waals surface area contributed by atoms with Crippen LogP contribution in [0, 0.1) is 11.6 Å². The van der Waals surface area contributed by atoms with Crippen molar-refractivity contribution in [3.05, 3.63) is 96.0 Å². The number of amides is 2. The molecule has 2 aromatic rings. The molecule has 0 fully saturated rings. The summed E-state index contributed by atoms with van der Waals surface area (Å²) in [7, 11) is 1.61. The number of benzene rings is 2. The van der Waals surface area contributed by atoms with E-state index in [9.17, 15) is 23.5 Å². The van der Waals surface area contributed by atoms with Crippen molar-refractivity contribution in [2.24, 2.45) is 0 Å². The number of nitrogens with one attached hydrogen (secondary N) is 2. The summed E-state index contributed by atoms with van der Waals surface area (Å²) in [5.41, 5.74) is 2.57. The Morgan fingerprint density at radius 1 is 1.10 bits per heavy atom. The molecule has 212 valence electrons. The van der Waals surface area contributed by atoms with Gasteiger partial charge in [-0.3, -0.25) is 9.59 Å². The van der Waals surface area contributed by atoms with E-state index in [1.54, 1.807) is 7.05 Å². The van der Waals surface area contributed by atoms with Gasteiger partial charge in [0.2, 0.25) is 11.8 Å². The first-order valence-corrected chi connectivity index (χ1v) is 13.0. The zero-order valence-corrected chi connectivity index (χ0v) is 22.7. The van der Waals surface area contributed by atoms with Crippen molar-refractivity contribution in [3.63, 3.8) is 0 Å². The molecule has 39 heavy (non-hydrogen) atoms. The maximum atomic E-state index is 13.8. The zero-order valence-electron chi connectivity index (χ0n) is 22.7. The second kappa shape index (κ2) is 16.4. The summed E-state index contributed by atoms with van der Waals surface area (Å²) in [6, 6.07) is 10.4. The van der Waals surface area contributed by atoms with Gasteiger partial charge in [0, 0.05) is 39.0 Å². The molecule has 2 unspecified atom stereocenters. The molecule has 0 aromatic heterocycles. The van der Waals surface area contributed by atoms with Gasteiger partial charge in [0.05, 0.1) is 25.0 Å². The number of ether oxygens (including phenoxy) is 1. The van der Waals surface area contributed by atoms with E-state index in [4.69, 9.17) is 4.74 Å². The minimum Gasteiger partial charge on any atom is -0.469 e. The summed E-state index contributed by atoms with van der Waals surface area (Å²) in [5, 5.41) is 16.9. The number of hydrogen-bond acceptors (Lipinski definition) is 5. The van der Waals surface area contributed by atoms with Crippen LogP contribution in [0.1, 0.15) is 42.9 Å². The van der Waals surface area contributed by atoms with Gasteiger partial charge in [-0.15, -0.1) is 0 Å². The van der Waals surface area contributed by atoms with E-state index < -0.39 is 23.8 Å². The highest BCUT2D eigenvalue weighted by Crippen LogP contribution is 2.13. The third-order valence-corrected chi connectivity index (χ3v) is 6.15. The number of rotatable bonds is 17. The summed E-state index contributed by atoms with van der Waals surface area (Å²) >= 11 is 0. The Morgan fingerprint density at radius 2 is 1.79 bits per heavy atom. The largest absolute Gasteiger partial charge is 0.469 e. The predicted octanol–water partition coefficient (Wildman–Crippen LogP) is 4.01. The van der Waals surface area contributed by atoms with Crippen LogP contribution >= 0.6 is 0 Å². The highest BCUT2D eigenvalue weighted by Gasteiger charge is 2.22. The van der Waals surface area contributed by atoms with Gasteiger partial charge in [-0.2, -0.15) is 0 Å². The van der Waals surface area contributed by atoms with Crippen LogP contribution in [0.25, 0.3) is 0 Å². The van der Waals surface area contributed by atoms with Gasteiger partial charge in [-0.1, -0.05) is 44.3 Å². The fraction of sp³-hybridized carbons (Fsp3) is 0.400. The van der Waals surface area contributed by atoms with Gasteiger partial charge in [0.1, 0.15) is 17.4 Å². The van der Waals surface area contributed by atoms with E-state index in [0.717, 1.165) is 18.1 Å². The van der Waals surface area contributed by atoms with Gasteiger partial charge in [-0.25, -0.2) is 8.78 Å². The van der Waals surface area contributed by atoms with E-state index in [1.807, 2.05) is 18.2 Å². The summed E-state index contributed by atoms with van der Waals surface area (Å²) < 4.78 is 32.6.